The van der Waals surface area contributed by atoms with E-state index in [1.165, 1.54) is 5.56 Å². The van der Waals surface area contributed by atoms with E-state index in [2.05, 4.69) is 26.4 Å². The summed E-state index contributed by atoms with van der Waals surface area (Å²) in [4.78, 5) is 4.33. The minimum atomic E-state index is 1.00. The Hall–Kier alpha value is -0.680. The highest BCUT2D eigenvalue weighted by Crippen LogP contribution is 2.27. The molecule has 0 radical (unpaired) electrons. The fraction of sp³-hybridized carbons (Fsp3) is 0.125. The van der Waals surface area contributed by atoms with Gasteiger partial charge in [-0.15, -0.1) is 0 Å². The number of nitrogens with zero attached hydrogens (tertiary/aromatic N) is 1. The van der Waals surface area contributed by atoms with Crippen LogP contribution >= 0.6 is 9.24 Å². The molecule has 50 valence electrons. The lowest BCUT2D eigenvalue weighted by molar-refractivity contribution is 1.41. The first kappa shape index (κ1) is 6.06. The van der Waals surface area contributed by atoms with Crippen LogP contribution in [0.3, 0.4) is 0 Å². The summed E-state index contributed by atoms with van der Waals surface area (Å²) in [6.45, 7) is 0. The molecule has 0 spiro atoms. The van der Waals surface area contributed by atoms with Crippen LogP contribution in [0.25, 0.3) is 0 Å². The van der Waals surface area contributed by atoms with Crippen molar-refractivity contribution in [1.29, 1.82) is 0 Å². The molecule has 2 rings (SSSR count). The van der Waals surface area contributed by atoms with Gasteiger partial charge in [-0.25, -0.2) is 0 Å². The van der Waals surface area contributed by atoms with Crippen LogP contribution in [0.1, 0.15) is 5.56 Å². The van der Waals surface area contributed by atoms with E-state index in [9.17, 15) is 0 Å². The molecule has 1 aromatic carbocycles. The fourth-order valence-electron chi connectivity index (χ4n) is 1.16. The zero-order valence-corrected chi connectivity index (χ0v) is 6.70. The number of benzene rings is 1. The van der Waals surface area contributed by atoms with Crippen LogP contribution in [-0.4, -0.2) is 5.45 Å². The number of rotatable bonds is 0. The molecule has 2 heteroatoms. The summed E-state index contributed by atoms with van der Waals surface area (Å²) >= 11 is 0. The predicted octanol–water partition coefficient (Wildman–Crippen LogP) is 2.15. The topological polar surface area (TPSA) is 12.4 Å². The molecule has 1 heterocycles. The van der Waals surface area contributed by atoms with Gasteiger partial charge in [-0.05, 0) is 11.6 Å². The van der Waals surface area contributed by atoms with Crippen LogP contribution in [0.15, 0.2) is 29.3 Å². The molecule has 1 unspecified atom stereocenters. The quantitative estimate of drug-likeness (QED) is 0.501. The first-order valence-corrected chi connectivity index (χ1v) is 3.85. The molecular formula is C8H8NP. The second-order valence-electron chi connectivity index (χ2n) is 2.41. The van der Waals surface area contributed by atoms with Gasteiger partial charge in [0.05, 0.1) is 5.69 Å². The van der Waals surface area contributed by atoms with Crippen molar-refractivity contribution in [3.8, 4) is 0 Å². The van der Waals surface area contributed by atoms with Crippen molar-refractivity contribution < 1.29 is 0 Å². The number of hydrogen-bond donors (Lipinski definition) is 0. The van der Waals surface area contributed by atoms with E-state index < -0.39 is 0 Å². The minimum absolute atomic E-state index is 1.00. The van der Waals surface area contributed by atoms with Crippen molar-refractivity contribution in [2.45, 2.75) is 6.42 Å². The maximum atomic E-state index is 4.33. The number of hydrogen-bond acceptors (Lipinski definition) is 1. The molecule has 10 heavy (non-hydrogen) atoms. The monoisotopic (exact) mass is 149 g/mol. The first-order valence-electron chi connectivity index (χ1n) is 3.27. The molecule has 0 saturated carbocycles. The summed E-state index contributed by atoms with van der Waals surface area (Å²) in [5.41, 5.74) is 3.61. The van der Waals surface area contributed by atoms with Crippen LogP contribution < -0.4 is 0 Å². The van der Waals surface area contributed by atoms with Crippen LogP contribution in [0.2, 0.25) is 0 Å². The molecule has 1 aromatic rings. The van der Waals surface area contributed by atoms with Gasteiger partial charge in [0, 0.05) is 11.9 Å². The van der Waals surface area contributed by atoms with Crippen LogP contribution in [0.4, 0.5) is 5.69 Å². The lowest BCUT2D eigenvalue weighted by Crippen LogP contribution is -1.83. The van der Waals surface area contributed by atoms with Crippen molar-refractivity contribution in [1.82, 2.24) is 0 Å². The third kappa shape index (κ3) is 0.871. The highest BCUT2D eigenvalue weighted by atomic mass is 31.0. The number of fused-ring (bicyclic) bond motifs is 1. The highest BCUT2D eigenvalue weighted by Gasteiger charge is 2.08. The van der Waals surface area contributed by atoms with Gasteiger partial charge >= 0.3 is 0 Å². The second-order valence-corrected chi connectivity index (χ2v) is 3.08. The molecule has 0 N–H and O–H groups in total. The molecule has 0 fully saturated rings. The van der Waals surface area contributed by atoms with E-state index in [1.54, 1.807) is 0 Å². The van der Waals surface area contributed by atoms with E-state index in [0.29, 0.717) is 0 Å². The molecule has 1 aliphatic heterocycles. The normalized spacial score (nSPS) is 14.7. The van der Waals surface area contributed by atoms with Gasteiger partial charge in [-0.1, -0.05) is 27.4 Å². The van der Waals surface area contributed by atoms with Crippen LogP contribution in [-0.2, 0) is 6.42 Å². The van der Waals surface area contributed by atoms with E-state index in [0.717, 1.165) is 17.6 Å². The Morgan fingerprint density at radius 3 is 2.90 bits per heavy atom. The summed E-state index contributed by atoms with van der Waals surface area (Å²) in [5.74, 6) is 0. The Kier molecular flexibility index (Phi) is 1.32. The Labute approximate surface area is 62.4 Å². The molecular weight excluding hydrogens is 141 g/mol. The zero-order valence-electron chi connectivity index (χ0n) is 5.54. The molecule has 0 aromatic heterocycles. The third-order valence-electron chi connectivity index (χ3n) is 1.63. The molecule has 1 aliphatic rings. The Bertz CT molecular complexity index is 291. The van der Waals surface area contributed by atoms with Gasteiger partial charge in [0.1, 0.15) is 0 Å². The Morgan fingerprint density at radius 1 is 1.30 bits per heavy atom. The standard InChI is InChI=1S/C8H8NP/c10-8-5-6-3-1-2-4-7(6)9-8/h1-4H,5,10H2. The maximum absolute atomic E-state index is 4.33. The van der Waals surface area contributed by atoms with Crippen LogP contribution in [0, 0.1) is 0 Å². The van der Waals surface area contributed by atoms with Gasteiger partial charge < -0.3 is 0 Å². The average Bonchev–Trinajstić information content (AvgIpc) is 2.27. The van der Waals surface area contributed by atoms with Gasteiger partial charge in [-0.2, -0.15) is 0 Å². The van der Waals surface area contributed by atoms with E-state index >= 15 is 0 Å². The van der Waals surface area contributed by atoms with Gasteiger partial charge in [0.2, 0.25) is 0 Å². The molecule has 0 saturated heterocycles. The zero-order chi connectivity index (χ0) is 6.97. The highest BCUT2D eigenvalue weighted by molar-refractivity contribution is 7.40. The first-order chi connectivity index (χ1) is 4.86. The summed E-state index contributed by atoms with van der Waals surface area (Å²) in [6, 6.07) is 8.24. The SMILES string of the molecule is PC1=Nc2ccccc2C1. The summed E-state index contributed by atoms with van der Waals surface area (Å²) in [7, 11) is 2.65. The molecule has 1 atom stereocenters. The van der Waals surface area contributed by atoms with Gasteiger partial charge in [0.15, 0.2) is 0 Å². The summed E-state index contributed by atoms with van der Waals surface area (Å²) < 4.78 is 0. The molecule has 0 amide bonds. The predicted molar refractivity (Wildman–Crippen MR) is 47.0 cm³/mol. The van der Waals surface area contributed by atoms with Crippen molar-refractivity contribution in [2.75, 3.05) is 0 Å². The van der Waals surface area contributed by atoms with Crippen molar-refractivity contribution >= 4 is 20.4 Å². The fourth-order valence-corrected chi connectivity index (χ4v) is 1.52. The average molecular weight is 149 g/mol. The van der Waals surface area contributed by atoms with Crippen molar-refractivity contribution in [3.63, 3.8) is 0 Å². The summed E-state index contributed by atoms with van der Waals surface area (Å²) in [5, 5.41) is 0. The second kappa shape index (κ2) is 2.17. The largest absolute Gasteiger partial charge is 0.253 e. The van der Waals surface area contributed by atoms with Crippen LogP contribution in [0.5, 0.6) is 0 Å². The Balaban J connectivity index is 2.54. The smallest absolute Gasteiger partial charge is 0.0669 e. The molecule has 1 nitrogen and oxygen atoms in total. The van der Waals surface area contributed by atoms with E-state index in [1.807, 2.05) is 12.1 Å². The third-order valence-corrected chi connectivity index (χ3v) is 1.96. The maximum Gasteiger partial charge on any atom is 0.0669 e. The Morgan fingerprint density at radius 2 is 2.10 bits per heavy atom. The minimum Gasteiger partial charge on any atom is -0.253 e. The summed E-state index contributed by atoms with van der Waals surface area (Å²) in [6.07, 6.45) is 1.00. The number of para-hydroxylation sites is 1. The van der Waals surface area contributed by atoms with E-state index in [-0.39, 0.29) is 0 Å². The molecule has 0 aliphatic carbocycles. The molecule has 0 bridgehead atoms. The van der Waals surface area contributed by atoms with E-state index in [4.69, 9.17) is 0 Å². The lowest BCUT2D eigenvalue weighted by atomic mass is 10.2. The van der Waals surface area contributed by atoms with Gasteiger partial charge in [-0.3, -0.25) is 4.99 Å². The van der Waals surface area contributed by atoms with Gasteiger partial charge in [0.25, 0.3) is 0 Å². The number of aliphatic imine (C=N–C) groups is 1. The lowest BCUT2D eigenvalue weighted by Gasteiger charge is -1.91. The van der Waals surface area contributed by atoms with Crippen molar-refractivity contribution in [2.24, 2.45) is 4.99 Å². The van der Waals surface area contributed by atoms with Crippen molar-refractivity contribution in [3.05, 3.63) is 29.8 Å².